The molecule has 3 N–H and O–H groups in total. The van der Waals surface area contributed by atoms with Crippen molar-refractivity contribution in [3.05, 3.63) is 23.8 Å². The van der Waals surface area contributed by atoms with E-state index >= 15 is 0 Å². The van der Waals surface area contributed by atoms with Crippen LogP contribution in [0.5, 0.6) is 0 Å². The first kappa shape index (κ1) is 15.9. The van der Waals surface area contributed by atoms with Gasteiger partial charge in [0.25, 0.3) is 0 Å². The Morgan fingerprint density at radius 1 is 1.26 bits per heavy atom. The van der Waals surface area contributed by atoms with Gasteiger partial charge in [-0.25, -0.2) is 12.6 Å². The van der Waals surface area contributed by atoms with Crippen molar-refractivity contribution in [1.29, 1.82) is 0 Å². The summed E-state index contributed by atoms with van der Waals surface area (Å²) >= 11 is 0. The number of hydrogen-bond acceptors (Lipinski definition) is 6. The third-order valence-electron chi connectivity index (χ3n) is 2.44. The molecule has 0 fully saturated rings. The minimum Gasteiger partial charge on any atom is -0.399 e. The minimum absolute atomic E-state index is 0.0393. The summed E-state index contributed by atoms with van der Waals surface area (Å²) in [5, 5.41) is 0. The predicted octanol–water partition coefficient (Wildman–Crippen LogP) is 0.424. The van der Waals surface area contributed by atoms with E-state index < -0.39 is 32.6 Å². The zero-order valence-electron chi connectivity index (χ0n) is 10.2. The van der Waals surface area contributed by atoms with Gasteiger partial charge in [0.15, 0.2) is 9.84 Å². The maximum atomic E-state index is 11.9. The van der Waals surface area contributed by atoms with E-state index in [1.165, 1.54) is 18.2 Å². The number of aryl methyl sites for hydroxylation is 1. The first-order valence-electron chi connectivity index (χ1n) is 5.38. The molecule has 0 atom stereocenters. The molecule has 1 aromatic rings. The lowest BCUT2D eigenvalue weighted by molar-refractivity contribution is 0.284. The molecule has 0 spiro atoms. The molecule has 0 aliphatic rings. The Hall–Kier alpha value is -1.16. The van der Waals surface area contributed by atoms with Crippen LogP contribution in [0.15, 0.2) is 23.1 Å². The molecule has 0 aromatic heterocycles. The minimum atomic E-state index is -4.63. The molecule has 19 heavy (non-hydrogen) atoms. The van der Waals surface area contributed by atoms with Gasteiger partial charge in [-0.05, 0) is 30.2 Å². The van der Waals surface area contributed by atoms with Gasteiger partial charge in [-0.3, -0.25) is 4.55 Å². The van der Waals surface area contributed by atoms with E-state index in [1.807, 2.05) is 6.92 Å². The number of benzene rings is 1. The summed E-state index contributed by atoms with van der Waals surface area (Å²) < 4.78 is 56.8. The molecule has 0 saturated carbocycles. The summed E-state index contributed by atoms with van der Waals surface area (Å²) in [4.78, 5) is 0.0393. The van der Waals surface area contributed by atoms with Gasteiger partial charge in [0.05, 0.1) is 17.3 Å². The average Bonchev–Trinajstić information content (AvgIpc) is 2.27. The molecule has 0 amide bonds. The number of nitrogen functional groups attached to an aromatic ring is 1. The Balaban J connectivity index is 2.89. The van der Waals surface area contributed by atoms with Crippen molar-refractivity contribution in [1.82, 2.24) is 0 Å². The zero-order chi connectivity index (χ0) is 14.7. The van der Waals surface area contributed by atoms with Gasteiger partial charge >= 0.3 is 10.4 Å². The summed E-state index contributed by atoms with van der Waals surface area (Å²) in [7, 11) is -8.32. The van der Waals surface area contributed by atoms with Gasteiger partial charge in [-0.15, -0.1) is 0 Å². The SMILES string of the molecule is CCc1cc(S(=O)(=O)CCOS(=O)(=O)O)ccc1N. The van der Waals surface area contributed by atoms with E-state index in [2.05, 4.69) is 4.18 Å². The Morgan fingerprint density at radius 3 is 2.42 bits per heavy atom. The van der Waals surface area contributed by atoms with Crippen molar-refractivity contribution < 1.29 is 25.6 Å². The summed E-state index contributed by atoms with van der Waals surface area (Å²) in [6.45, 7) is 1.19. The van der Waals surface area contributed by atoms with Crippen LogP contribution in [-0.4, -0.2) is 33.7 Å². The smallest absolute Gasteiger partial charge is 0.397 e. The van der Waals surface area contributed by atoms with Crippen molar-refractivity contribution in [2.45, 2.75) is 18.2 Å². The number of rotatable bonds is 6. The molecule has 0 radical (unpaired) electrons. The molecule has 7 nitrogen and oxygen atoms in total. The van der Waals surface area contributed by atoms with Crippen LogP contribution in [0.1, 0.15) is 12.5 Å². The molecule has 0 unspecified atom stereocenters. The summed E-state index contributed by atoms with van der Waals surface area (Å²) in [6.07, 6.45) is 0.580. The zero-order valence-corrected chi connectivity index (χ0v) is 11.9. The van der Waals surface area contributed by atoms with Crippen molar-refractivity contribution in [2.75, 3.05) is 18.1 Å². The summed E-state index contributed by atoms with van der Waals surface area (Å²) in [5.41, 5.74) is 6.86. The van der Waals surface area contributed by atoms with Gasteiger partial charge in [0.2, 0.25) is 0 Å². The van der Waals surface area contributed by atoms with Gasteiger partial charge < -0.3 is 5.73 Å². The first-order valence-corrected chi connectivity index (χ1v) is 8.40. The summed E-state index contributed by atoms with van der Waals surface area (Å²) in [6, 6.07) is 4.27. The lowest BCUT2D eigenvalue weighted by Crippen LogP contribution is -2.15. The normalized spacial score (nSPS) is 12.5. The fourth-order valence-corrected chi connectivity index (χ4v) is 2.98. The maximum Gasteiger partial charge on any atom is 0.397 e. The van der Waals surface area contributed by atoms with Crippen LogP contribution in [0.3, 0.4) is 0 Å². The van der Waals surface area contributed by atoms with Crippen molar-refractivity contribution >= 4 is 25.9 Å². The van der Waals surface area contributed by atoms with Crippen molar-refractivity contribution in [3.8, 4) is 0 Å². The van der Waals surface area contributed by atoms with Crippen LogP contribution in [0.2, 0.25) is 0 Å². The summed E-state index contributed by atoms with van der Waals surface area (Å²) in [5.74, 6) is -0.556. The second kappa shape index (κ2) is 5.87. The average molecular weight is 309 g/mol. The standard InChI is InChI=1S/C10H15NO6S2/c1-2-8-7-9(3-4-10(8)11)18(12,13)6-5-17-19(14,15)16/h3-4,7H,2,5-6,11H2,1H3,(H,14,15,16). The maximum absolute atomic E-state index is 11.9. The van der Waals surface area contributed by atoms with Crippen LogP contribution in [0.25, 0.3) is 0 Å². The van der Waals surface area contributed by atoms with E-state index in [0.29, 0.717) is 17.7 Å². The highest BCUT2D eigenvalue weighted by molar-refractivity contribution is 7.91. The molecule has 1 rings (SSSR count). The molecular weight excluding hydrogens is 294 g/mol. The second-order valence-electron chi connectivity index (χ2n) is 3.78. The highest BCUT2D eigenvalue weighted by atomic mass is 32.3. The van der Waals surface area contributed by atoms with Gasteiger partial charge in [-0.1, -0.05) is 6.92 Å². The Kier molecular flexibility index (Phi) is 4.91. The lowest BCUT2D eigenvalue weighted by atomic mass is 10.1. The Bertz CT molecular complexity index is 651. The van der Waals surface area contributed by atoms with E-state index in [1.54, 1.807) is 0 Å². The van der Waals surface area contributed by atoms with E-state index in [4.69, 9.17) is 10.3 Å². The number of nitrogens with two attached hydrogens (primary N) is 1. The molecule has 0 heterocycles. The molecule has 0 aliphatic heterocycles. The highest BCUT2D eigenvalue weighted by Gasteiger charge is 2.17. The predicted molar refractivity (Wildman–Crippen MR) is 69.8 cm³/mol. The highest BCUT2D eigenvalue weighted by Crippen LogP contribution is 2.19. The molecular formula is C10H15NO6S2. The van der Waals surface area contributed by atoms with Crippen LogP contribution < -0.4 is 5.73 Å². The quantitative estimate of drug-likeness (QED) is 0.576. The molecule has 0 aliphatic carbocycles. The topological polar surface area (TPSA) is 124 Å². The molecule has 108 valence electrons. The lowest BCUT2D eigenvalue weighted by Gasteiger charge is -2.08. The van der Waals surface area contributed by atoms with Crippen LogP contribution in [0.4, 0.5) is 5.69 Å². The van der Waals surface area contributed by atoms with Crippen molar-refractivity contribution in [3.63, 3.8) is 0 Å². The van der Waals surface area contributed by atoms with Crippen molar-refractivity contribution in [2.24, 2.45) is 0 Å². The van der Waals surface area contributed by atoms with Gasteiger partial charge in [0.1, 0.15) is 0 Å². The fourth-order valence-electron chi connectivity index (χ4n) is 1.45. The van der Waals surface area contributed by atoms with Gasteiger partial charge in [0, 0.05) is 5.69 Å². The largest absolute Gasteiger partial charge is 0.399 e. The van der Waals surface area contributed by atoms with E-state index in [9.17, 15) is 16.8 Å². The Morgan fingerprint density at radius 2 is 1.89 bits per heavy atom. The number of hydrogen-bond donors (Lipinski definition) is 2. The van der Waals surface area contributed by atoms with Crippen LogP contribution in [0, 0.1) is 0 Å². The number of anilines is 1. The fraction of sp³-hybridized carbons (Fsp3) is 0.400. The third-order valence-corrected chi connectivity index (χ3v) is 4.58. The van der Waals surface area contributed by atoms with Crippen LogP contribution >= 0.6 is 0 Å². The molecule has 9 heteroatoms. The Labute approximate surface area is 112 Å². The van der Waals surface area contributed by atoms with Crippen LogP contribution in [-0.2, 0) is 30.8 Å². The molecule has 0 saturated heterocycles. The molecule has 1 aromatic carbocycles. The van der Waals surface area contributed by atoms with E-state index in [0.717, 1.165) is 0 Å². The third kappa shape index (κ3) is 4.78. The van der Waals surface area contributed by atoms with Gasteiger partial charge in [-0.2, -0.15) is 8.42 Å². The molecule has 0 bridgehead atoms. The van der Waals surface area contributed by atoms with E-state index in [-0.39, 0.29) is 4.90 Å². The number of sulfone groups is 1. The second-order valence-corrected chi connectivity index (χ2v) is 6.98. The monoisotopic (exact) mass is 309 g/mol. The first-order chi connectivity index (χ1) is 8.65.